The Morgan fingerprint density at radius 1 is 0.852 bits per heavy atom. The minimum atomic E-state index is -1.45. The van der Waals surface area contributed by atoms with Crippen LogP contribution in [0.15, 0.2) is 30.3 Å². The molecule has 0 aromatic heterocycles. The van der Waals surface area contributed by atoms with Crippen molar-refractivity contribution in [2.24, 2.45) is 0 Å². The van der Waals surface area contributed by atoms with Gasteiger partial charge < -0.3 is 25.2 Å². The Balaban J connectivity index is 2.49. The second kappa shape index (κ2) is 7.56. The molecule has 0 spiro atoms. The number of aromatic hydroxyl groups is 1. The lowest BCUT2D eigenvalue weighted by Crippen LogP contribution is -2.14. The average Bonchev–Trinajstić information content (AvgIpc) is 2.60. The lowest BCUT2D eigenvalue weighted by molar-refractivity contribution is 0.0660. The number of rotatable bonds is 6. The Bertz CT molecular complexity index is 960. The molecule has 140 valence electrons. The first-order chi connectivity index (χ1) is 12.7. The molecule has 2 aromatic rings. The standard InChI is InChI=1S/C18H14O9/c1-2-9-10(16(22)23)5-6-12(14(9)19)18(26)27-13-7-8(15(20)21)3-4-11(13)17(24)25/h3-7,19H,2H2,1H3,(H,20,21)(H,22,23)(H,24,25). The van der Waals surface area contributed by atoms with E-state index in [1.807, 2.05) is 0 Å². The van der Waals surface area contributed by atoms with Gasteiger partial charge in [0.1, 0.15) is 22.6 Å². The van der Waals surface area contributed by atoms with Gasteiger partial charge in [-0.2, -0.15) is 0 Å². The fourth-order valence-corrected chi connectivity index (χ4v) is 2.43. The zero-order chi connectivity index (χ0) is 20.3. The van der Waals surface area contributed by atoms with Gasteiger partial charge in [0.25, 0.3) is 0 Å². The molecule has 2 rings (SSSR count). The number of carbonyl (C=O) groups is 4. The highest BCUT2D eigenvalue weighted by Crippen LogP contribution is 2.29. The van der Waals surface area contributed by atoms with Crippen LogP contribution in [0.2, 0.25) is 0 Å². The average molecular weight is 374 g/mol. The third-order valence-electron chi connectivity index (χ3n) is 3.75. The topological polar surface area (TPSA) is 158 Å². The molecule has 9 heteroatoms. The van der Waals surface area contributed by atoms with Crippen molar-refractivity contribution in [2.75, 3.05) is 0 Å². The molecule has 0 radical (unpaired) electrons. The fourth-order valence-electron chi connectivity index (χ4n) is 2.43. The summed E-state index contributed by atoms with van der Waals surface area (Å²) in [5.74, 6) is -6.38. The second-order valence-corrected chi connectivity index (χ2v) is 5.36. The van der Waals surface area contributed by atoms with E-state index in [0.717, 1.165) is 30.3 Å². The van der Waals surface area contributed by atoms with Crippen LogP contribution in [0, 0.1) is 0 Å². The number of ether oxygens (including phenoxy) is 1. The van der Waals surface area contributed by atoms with Crippen LogP contribution in [-0.2, 0) is 6.42 Å². The van der Waals surface area contributed by atoms with Crippen molar-refractivity contribution in [3.8, 4) is 11.5 Å². The van der Waals surface area contributed by atoms with Gasteiger partial charge in [0, 0.05) is 5.56 Å². The number of phenols is 1. The Morgan fingerprint density at radius 2 is 1.41 bits per heavy atom. The Kier molecular flexibility index (Phi) is 5.45. The lowest BCUT2D eigenvalue weighted by Gasteiger charge is -2.12. The lowest BCUT2D eigenvalue weighted by atomic mass is 10.00. The van der Waals surface area contributed by atoms with E-state index in [1.54, 1.807) is 6.92 Å². The van der Waals surface area contributed by atoms with E-state index in [4.69, 9.17) is 20.1 Å². The highest BCUT2D eigenvalue weighted by molar-refractivity contribution is 6.00. The molecular formula is C18H14O9. The number of carboxylic acids is 3. The molecule has 0 aliphatic rings. The summed E-state index contributed by atoms with van der Waals surface area (Å²) in [6, 6.07) is 5.02. The van der Waals surface area contributed by atoms with Crippen LogP contribution in [0.3, 0.4) is 0 Å². The molecular weight excluding hydrogens is 360 g/mol. The number of esters is 1. The fraction of sp³-hybridized carbons (Fsp3) is 0.111. The number of carbonyl (C=O) groups excluding carboxylic acids is 1. The molecule has 0 bridgehead atoms. The van der Waals surface area contributed by atoms with Gasteiger partial charge in [0.2, 0.25) is 0 Å². The normalized spacial score (nSPS) is 10.3. The first-order valence-corrected chi connectivity index (χ1v) is 7.58. The molecule has 0 aliphatic carbocycles. The maximum Gasteiger partial charge on any atom is 0.347 e. The van der Waals surface area contributed by atoms with Crippen LogP contribution in [0.4, 0.5) is 0 Å². The molecule has 9 nitrogen and oxygen atoms in total. The summed E-state index contributed by atoms with van der Waals surface area (Å²) in [6.45, 7) is 1.58. The van der Waals surface area contributed by atoms with Crippen molar-refractivity contribution in [1.82, 2.24) is 0 Å². The monoisotopic (exact) mass is 374 g/mol. The predicted octanol–water partition coefficient (Wildman–Crippen LogP) is 2.27. The molecule has 0 amide bonds. The van der Waals surface area contributed by atoms with Gasteiger partial charge in [0.15, 0.2) is 0 Å². The number of aromatic carboxylic acids is 3. The van der Waals surface area contributed by atoms with E-state index in [2.05, 4.69) is 0 Å². The minimum Gasteiger partial charge on any atom is -0.507 e. The molecule has 0 aliphatic heterocycles. The van der Waals surface area contributed by atoms with Gasteiger partial charge in [0.05, 0.1) is 11.1 Å². The largest absolute Gasteiger partial charge is 0.507 e. The minimum absolute atomic E-state index is 0.00898. The molecule has 0 unspecified atom stereocenters. The Labute approximate surface area is 152 Å². The maximum absolute atomic E-state index is 12.4. The van der Waals surface area contributed by atoms with Crippen LogP contribution in [0.25, 0.3) is 0 Å². The molecule has 0 saturated heterocycles. The van der Waals surface area contributed by atoms with Gasteiger partial charge in [-0.15, -0.1) is 0 Å². The molecule has 0 saturated carbocycles. The summed E-state index contributed by atoms with van der Waals surface area (Å²) in [6.07, 6.45) is 0.115. The first-order valence-electron chi connectivity index (χ1n) is 7.58. The summed E-state index contributed by atoms with van der Waals surface area (Å²) in [4.78, 5) is 45.8. The van der Waals surface area contributed by atoms with Crippen LogP contribution in [-0.4, -0.2) is 44.3 Å². The maximum atomic E-state index is 12.4. The van der Waals surface area contributed by atoms with Crippen molar-refractivity contribution in [2.45, 2.75) is 13.3 Å². The van der Waals surface area contributed by atoms with Gasteiger partial charge in [-0.3, -0.25) is 0 Å². The third-order valence-corrected chi connectivity index (χ3v) is 3.75. The van der Waals surface area contributed by atoms with E-state index in [-0.39, 0.29) is 28.7 Å². The Hall–Kier alpha value is -3.88. The molecule has 0 heterocycles. The second-order valence-electron chi connectivity index (χ2n) is 5.36. The van der Waals surface area contributed by atoms with E-state index in [0.29, 0.717) is 0 Å². The molecule has 2 aromatic carbocycles. The first kappa shape index (κ1) is 19.4. The highest BCUT2D eigenvalue weighted by Gasteiger charge is 2.23. The van der Waals surface area contributed by atoms with E-state index < -0.39 is 40.9 Å². The zero-order valence-electron chi connectivity index (χ0n) is 13.9. The number of carboxylic acid groups (broad SMARTS) is 3. The van der Waals surface area contributed by atoms with Crippen molar-refractivity contribution in [1.29, 1.82) is 0 Å². The van der Waals surface area contributed by atoms with Crippen LogP contribution >= 0.6 is 0 Å². The SMILES string of the molecule is CCc1c(C(=O)O)ccc(C(=O)Oc2cc(C(=O)O)ccc2C(=O)O)c1O. The quantitative estimate of drug-likeness (QED) is 0.439. The van der Waals surface area contributed by atoms with E-state index in [1.165, 1.54) is 0 Å². The van der Waals surface area contributed by atoms with E-state index in [9.17, 15) is 24.3 Å². The number of hydrogen-bond acceptors (Lipinski definition) is 6. The van der Waals surface area contributed by atoms with Crippen LogP contribution in [0.5, 0.6) is 11.5 Å². The molecule has 0 atom stereocenters. The van der Waals surface area contributed by atoms with Crippen LogP contribution in [0.1, 0.15) is 53.9 Å². The number of benzene rings is 2. The highest BCUT2D eigenvalue weighted by atomic mass is 16.5. The summed E-state index contributed by atoms with van der Waals surface area (Å²) in [7, 11) is 0. The van der Waals surface area contributed by atoms with Crippen LogP contribution < -0.4 is 4.74 Å². The van der Waals surface area contributed by atoms with E-state index >= 15 is 0 Å². The van der Waals surface area contributed by atoms with Crippen molar-refractivity contribution >= 4 is 23.9 Å². The van der Waals surface area contributed by atoms with Crippen molar-refractivity contribution < 1.29 is 44.3 Å². The summed E-state index contributed by atoms with van der Waals surface area (Å²) in [5, 5.41) is 37.5. The zero-order valence-corrected chi connectivity index (χ0v) is 13.9. The third kappa shape index (κ3) is 3.87. The molecule has 4 N–H and O–H groups in total. The van der Waals surface area contributed by atoms with Gasteiger partial charge >= 0.3 is 23.9 Å². The summed E-state index contributed by atoms with van der Waals surface area (Å²) in [5.41, 5.74) is -1.32. The molecule has 0 fully saturated rings. The van der Waals surface area contributed by atoms with Crippen molar-refractivity contribution in [3.05, 3.63) is 58.1 Å². The summed E-state index contributed by atoms with van der Waals surface area (Å²) < 4.78 is 4.97. The van der Waals surface area contributed by atoms with Crippen molar-refractivity contribution in [3.63, 3.8) is 0 Å². The van der Waals surface area contributed by atoms with Gasteiger partial charge in [-0.1, -0.05) is 6.92 Å². The summed E-state index contributed by atoms with van der Waals surface area (Å²) >= 11 is 0. The number of hydrogen-bond donors (Lipinski definition) is 4. The predicted molar refractivity (Wildman–Crippen MR) is 89.8 cm³/mol. The number of phenolic OH excluding ortho intramolecular Hbond substituents is 1. The Morgan fingerprint density at radius 3 is 1.93 bits per heavy atom. The van der Waals surface area contributed by atoms with Gasteiger partial charge in [-0.05, 0) is 36.8 Å². The van der Waals surface area contributed by atoms with Gasteiger partial charge in [-0.25, -0.2) is 19.2 Å². The molecule has 27 heavy (non-hydrogen) atoms. The smallest absolute Gasteiger partial charge is 0.347 e.